The molecule has 0 unspecified atom stereocenters. The number of para-hydroxylation sites is 1. The minimum atomic E-state index is -4.80. The van der Waals surface area contributed by atoms with E-state index < -0.39 is 84.0 Å². The first-order chi connectivity index (χ1) is 27.3. The fraction of sp³-hybridized carbons (Fsp3) is 0.286. The number of aliphatic carboxylic acids is 1. The molecule has 1 aromatic heterocycles. The molecule has 0 fully saturated rings. The molecule has 58 heavy (non-hydrogen) atoms. The summed E-state index contributed by atoms with van der Waals surface area (Å²) >= 11 is 0. The number of hydrogen-bond acceptors (Lipinski definition) is 8. The highest BCUT2D eigenvalue weighted by atomic mass is 19.4. The number of halogens is 3. The van der Waals surface area contributed by atoms with Crippen molar-refractivity contribution in [3.05, 3.63) is 119 Å². The number of imide groups is 3. The molecule has 304 valence electrons. The molecule has 5 rings (SSSR count). The van der Waals surface area contributed by atoms with Gasteiger partial charge < -0.3 is 31.2 Å². The monoisotopic (exact) mass is 801 g/mol. The number of aromatic amines is 1. The van der Waals surface area contributed by atoms with E-state index in [1.807, 2.05) is 30.3 Å². The number of benzene rings is 4. The van der Waals surface area contributed by atoms with Crippen molar-refractivity contribution in [3.63, 3.8) is 0 Å². The summed E-state index contributed by atoms with van der Waals surface area (Å²) in [5.41, 5.74) is 5.56. The quantitative estimate of drug-likeness (QED) is 0.103. The minimum Gasteiger partial charge on any atom is -0.481 e. The first-order valence-corrected chi connectivity index (χ1v) is 18.2. The molecular formula is C42H42F3N5O8. The van der Waals surface area contributed by atoms with Crippen molar-refractivity contribution >= 4 is 57.4 Å². The number of fused-ring (bicyclic) bond motifs is 2. The van der Waals surface area contributed by atoms with Crippen LogP contribution in [0, 0.1) is 0 Å². The predicted molar refractivity (Wildman–Crippen MR) is 207 cm³/mol. The lowest BCUT2D eigenvalue weighted by Gasteiger charge is -2.29. The fourth-order valence-corrected chi connectivity index (χ4v) is 6.31. The Hall–Kier alpha value is -6.55. The zero-order valence-electron chi connectivity index (χ0n) is 31.8. The number of amides is 5. The summed E-state index contributed by atoms with van der Waals surface area (Å²) in [6.45, 7) is 4.67. The number of carboxylic acid groups (broad SMARTS) is 1. The van der Waals surface area contributed by atoms with Gasteiger partial charge in [-0.3, -0.25) is 24.0 Å². The number of rotatable bonds is 13. The van der Waals surface area contributed by atoms with Crippen molar-refractivity contribution in [2.45, 2.75) is 76.4 Å². The number of nitrogens with zero attached hydrogens (tertiary/aromatic N) is 1. The van der Waals surface area contributed by atoms with E-state index in [9.17, 15) is 47.0 Å². The SMILES string of the molecule is CC(C)(C)OC(=O)N[C@@H](Cc1c[nH]c2ccccc12)C(=O)N(C(=O)Cc1cccc(C(F)(F)F)c1)C(=O)[C@H](CC(=O)O)NC(=O)[C@@H](N)Cc1ccc2ccccc2c1. The molecule has 0 saturated carbocycles. The van der Waals surface area contributed by atoms with Crippen LogP contribution in [0.3, 0.4) is 0 Å². The van der Waals surface area contributed by atoms with E-state index >= 15 is 0 Å². The van der Waals surface area contributed by atoms with Gasteiger partial charge in [-0.25, -0.2) is 9.69 Å². The van der Waals surface area contributed by atoms with Crippen LogP contribution in [0.1, 0.15) is 49.4 Å². The maximum absolute atomic E-state index is 14.6. The van der Waals surface area contributed by atoms with Gasteiger partial charge in [-0.1, -0.05) is 78.9 Å². The summed E-state index contributed by atoms with van der Waals surface area (Å²) in [5, 5.41) is 16.9. The number of ether oxygens (including phenoxy) is 1. The average molecular weight is 802 g/mol. The highest BCUT2D eigenvalue weighted by molar-refractivity contribution is 6.15. The maximum Gasteiger partial charge on any atom is 0.416 e. The van der Waals surface area contributed by atoms with Gasteiger partial charge in [0.1, 0.15) is 17.7 Å². The van der Waals surface area contributed by atoms with Gasteiger partial charge in [-0.05, 0) is 66.8 Å². The van der Waals surface area contributed by atoms with E-state index in [1.165, 1.54) is 6.07 Å². The molecule has 5 aromatic rings. The zero-order valence-corrected chi connectivity index (χ0v) is 31.8. The third kappa shape index (κ3) is 11.1. The second-order valence-electron chi connectivity index (χ2n) is 14.7. The van der Waals surface area contributed by atoms with Crippen molar-refractivity contribution in [3.8, 4) is 0 Å². The summed E-state index contributed by atoms with van der Waals surface area (Å²) in [7, 11) is 0. The van der Waals surface area contributed by atoms with Gasteiger partial charge in [0.25, 0.3) is 11.8 Å². The molecule has 0 saturated heterocycles. The van der Waals surface area contributed by atoms with Gasteiger partial charge in [-0.2, -0.15) is 13.2 Å². The number of H-pyrrole nitrogens is 1. The lowest BCUT2D eigenvalue weighted by atomic mass is 10.0. The van der Waals surface area contributed by atoms with Gasteiger partial charge in [0.15, 0.2) is 0 Å². The van der Waals surface area contributed by atoms with E-state index in [0.29, 0.717) is 28.1 Å². The summed E-state index contributed by atoms with van der Waals surface area (Å²) in [5.74, 6) is -6.86. The molecule has 4 aromatic carbocycles. The number of alkyl halides is 3. The van der Waals surface area contributed by atoms with E-state index in [4.69, 9.17) is 10.5 Å². The molecular weight excluding hydrogens is 759 g/mol. The van der Waals surface area contributed by atoms with Crippen LogP contribution in [0.15, 0.2) is 97.2 Å². The Balaban J connectivity index is 1.51. The number of nitrogens with one attached hydrogen (secondary N) is 3. The number of carboxylic acids is 1. The average Bonchev–Trinajstić information content (AvgIpc) is 3.55. The molecule has 0 spiro atoms. The number of carbonyl (C=O) groups is 6. The van der Waals surface area contributed by atoms with Crippen LogP contribution in [0.2, 0.25) is 0 Å². The van der Waals surface area contributed by atoms with Crippen molar-refractivity contribution < 1.29 is 51.8 Å². The Kier molecular flexibility index (Phi) is 13.0. The second kappa shape index (κ2) is 17.7. The first-order valence-electron chi connectivity index (χ1n) is 18.2. The fourth-order valence-electron chi connectivity index (χ4n) is 6.31. The van der Waals surface area contributed by atoms with Crippen LogP contribution in [0.25, 0.3) is 21.7 Å². The summed E-state index contributed by atoms with van der Waals surface area (Å²) < 4.78 is 46.2. The maximum atomic E-state index is 14.6. The van der Waals surface area contributed by atoms with E-state index in [1.54, 1.807) is 63.4 Å². The molecule has 3 atom stereocenters. The Bertz CT molecular complexity index is 2350. The third-order valence-electron chi connectivity index (χ3n) is 8.99. The van der Waals surface area contributed by atoms with Crippen LogP contribution in [-0.4, -0.2) is 74.4 Å². The van der Waals surface area contributed by atoms with Crippen LogP contribution >= 0.6 is 0 Å². The molecule has 1 heterocycles. The highest BCUT2D eigenvalue weighted by Gasteiger charge is 2.41. The van der Waals surface area contributed by atoms with E-state index in [-0.39, 0.29) is 23.3 Å². The van der Waals surface area contributed by atoms with Crippen molar-refractivity contribution in [1.82, 2.24) is 20.5 Å². The lowest BCUT2D eigenvalue weighted by molar-refractivity contribution is -0.158. The molecule has 0 radical (unpaired) electrons. The van der Waals surface area contributed by atoms with Crippen LogP contribution < -0.4 is 16.4 Å². The number of hydrogen-bond donors (Lipinski definition) is 5. The molecule has 0 aliphatic carbocycles. The smallest absolute Gasteiger partial charge is 0.416 e. The minimum absolute atomic E-state index is 0.0473. The molecule has 0 aliphatic heterocycles. The van der Waals surface area contributed by atoms with Crippen LogP contribution in [0.4, 0.5) is 18.0 Å². The Morgan fingerprint density at radius 2 is 1.47 bits per heavy atom. The number of alkyl carbamates (subject to hydrolysis) is 1. The second-order valence-corrected chi connectivity index (χ2v) is 14.7. The Labute approximate surface area is 330 Å². The summed E-state index contributed by atoms with van der Waals surface area (Å²) in [6.07, 6.45) is -6.82. The van der Waals surface area contributed by atoms with Crippen molar-refractivity contribution in [2.75, 3.05) is 0 Å². The van der Waals surface area contributed by atoms with E-state index in [0.717, 1.165) is 22.9 Å². The van der Waals surface area contributed by atoms with Crippen molar-refractivity contribution in [1.29, 1.82) is 0 Å². The first kappa shape index (κ1) is 42.6. The van der Waals surface area contributed by atoms with Crippen molar-refractivity contribution in [2.24, 2.45) is 5.73 Å². The molecule has 6 N–H and O–H groups in total. The number of nitrogens with two attached hydrogens (primary N) is 1. The summed E-state index contributed by atoms with van der Waals surface area (Å²) in [4.78, 5) is 84.9. The van der Waals surface area contributed by atoms with E-state index in [2.05, 4.69) is 15.6 Å². The van der Waals surface area contributed by atoms with Crippen LogP contribution in [-0.2, 0) is 54.1 Å². The molecule has 0 bridgehead atoms. The molecule has 13 nitrogen and oxygen atoms in total. The topological polar surface area (TPSA) is 201 Å². The lowest BCUT2D eigenvalue weighted by Crippen LogP contribution is -2.60. The predicted octanol–water partition coefficient (Wildman–Crippen LogP) is 5.43. The Morgan fingerprint density at radius 3 is 2.16 bits per heavy atom. The summed E-state index contributed by atoms with van der Waals surface area (Å²) in [6, 6.07) is 18.2. The van der Waals surface area contributed by atoms with Gasteiger partial charge in [0.05, 0.1) is 24.4 Å². The molecule has 5 amide bonds. The van der Waals surface area contributed by atoms with Gasteiger partial charge in [-0.15, -0.1) is 0 Å². The largest absolute Gasteiger partial charge is 0.481 e. The molecule has 16 heteroatoms. The van der Waals surface area contributed by atoms with Crippen LogP contribution in [0.5, 0.6) is 0 Å². The standard InChI is InChI=1S/C42H42F3N5O8/c1-41(2,3)58-40(57)49-33(21-28-23-47-32-14-7-6-13-30(28)32)38(55)50(35(51)20-24-9-8-12-29(18-24)42(43,44)45)39(56)34(22-36(52)53)48-37(54)31(46)19-25-15-16-26-10-4-5-11-27(26)17-25/h4-18,23,31,33-34,47H,19-22,46H2,1-3H3,(H,48,54)(H,49,57)(H,52,53)/t31-,33-,34-/m0/s1. The normalized spacial score (nSPS) is 13.3. The van der Waals surface area contributed by atoms with Gasteiger partial charge in [0.2, 0.25) is 11.8 Å². The number of aromatic nitrogens is 1. The third-order valence-corrected chi connectivity index (χ3v) is 8.99. The van der Waals surface area contributed by atoms with Gasteiger partial charge >= 0.3 is 18.2 Å². The Morgan fingerprint density at radius 1 is 0.793 bits per heavy atom. The zero-order chi connectivity index (χ0) is 42.4. The molecule has 0 aliphatic rings. The highest BCUT2D eigenvalue weighted by Crippen LogP contribution is 2.30. The number of carbonyl (C=O) groups excluding carboxylic acids is 5. The van der Waals surface area contributed by atoms with Gasteiger partial charge in [0, 0.05) is 23.5 Å².